The van der Waals surface area contributed by atoms with Crippen LogP contribution in [0.2, 0.25) is 0 Å². The van der Waals surface area contributed by atoms with Gasteiger partial charge in [0.2, 0.25) is 0 Å². The van der Waals surface area contributed by atoms with Gasteiger partial charge in [0, 0.05) is 10.9 Å². The topological polar surface area (TPSA) is 118 Å². The lowest BCUT2D eigenvalue weighted by atomic mass is 10.2. The number of aliphatic hydroxyl groups is 1. The zero-order valence-corrected chi connectivity index (χ0v) is 15.1. The van der Waals surface area contributed by atoms with E-state index in [-0.39, 0.29) is 19.2 Å². The number of hydrogen-bond acceptors (Lipinski definition) is 8. The third-order valence-corrected chi connectivity index (χ3v) is 4.04. The van der Waals surface area contributed by atoms with E-state index in [1.165, 1.54) is 0 Å². The predicted octanol–water partition coefficient (Wildman–Crippen LogP) is 2.33. The van der Waals surface area contributed by atoms with Crippen LogP contribution in [0, 0.1) is 0 Å². The van der Waals surface area contributed by atoms with Crippen LogP contribution in [0.3, 0.4) is 0 Å². The summed E-state index contributed by atoms with van der Waals surface area (Å²) in [5.74, 6) is 1.39. The molecule has 0 aliphatic rings. The molecule has 142 valence electrons. The number of methoxy groups -OCH3 is 1. The van der Waals surface area contributed by atoms with Gasteiger partial charge in [-0.25, -0.2) is 5.43 Å². The number of anilines is 1. The number of aromatic nitrogens is 4. The van der Waals surface area contributed by atoms with Crippen molar-refractivity contribution < 1.29 is 14.6 Å². The monoisotopic (exact) mass is 378 g/mol. The number of para-hydroxylation sites is 1. The maximum atomic E-state index is 8.86. The fourth-order valence-electron chi connectivity index (χ4n) is 2.77. The van der Waals surface area contributed by atoms with Gasteiger partial charge in [-0.15, -0.1) is 10.2 Å². The summed E-state index contributed by atoms with van der Waals surface area (Å²) in [6.07, 6.45) is 1.61. The molecule has 0 saturated heterocycles. The fourth-order valence-corrected chi connectivity index (χ4v) is 2.77. The summed E-state index contributed by atoms with van der Waals surface area (Å²) < 4.78 is 10.7. The van der Waals surface area contributed by atoms with E-state index in [0.717, 1.165) is 16.5 Å². The van der Waals surface area contributed by atoms with E-state index in [1.54, 1.807) is 25.5 Å². The van der Waals surface area contributed by atoms with Crippen molar-refractivity contribution in [2.24, 2.45) is 5.10 Å². The number of nitrogens with zero attached hydrogens (tertiary/aromatic N) is 4. The normalized spacial score (nSPS) is 11.4. The Bertz CT molecular complexity index is 1140. The lowest BCUT2D eigenvalue weighted by molar-refractivity contribution is 0.196. The zero-order chi connectivity index (χ0) is 19.3. The largest absolute Gasteiger partial charge is 0.493 e. The molecule has 0 aliphatic carbocycles. The van der Waals surface area contributed by atoms with Gasteiger partial charge in [0.25, 0.3) is 5.95 Å². The van der Waals surface area contributed by atoms with Crippen molar-refractivity contribution in [1.29, 1.82) is 0 Å². The number of aliphatic hydroxyl groups excluding tert-OH is 1. The van der Waals surface area contributed by atoms with Gasteiger partial charge in [0.1, 0.15) is 12.1 Å². The van der Waals surface area contributed by atoms with Crippen molar-refractivity contribution >= 4 is 34.2 Å². The molecule has 0 amide bonds. The molecule has 0 spiro atoms. The highest BCUT2D eigenvalue weighted by Gasteiger charge is 2.08. The lowest BCUT2D eigenvalue weighted by Gasteiger charge is -2.10. The molecule has 9 heteroatoms. The van der Waals surface area contributed by atoms with Gasteiger partial charge in [-0.1, -0.05) is 18.2 Å². The molecule has 0 atom stereocenters. The van der Waals surface area contributed by atoms with Gasteiger partial charge in [0.05, 0.1) is 19.9 Å². The van der Waals surface area contributed by atoms with Crippen molar-refractivity contribution in [3.63, 3.8) is 0 Å². The highest BCUT2D eigenvalue weighted by Crippen LogP contribution is 2.27. The quantitative estimate of drug-likeness (QED) is 0.334. The molecular formula is C19H18N6O3. The number of fused-ring (bicyclic) bond motifs is 3. The third-order valence-electron chi connectivity index (χ3n) is 4.04. The highest BCUT2D eigenvalue weighted by molar-refractivity contribution is 6.03. The van der Waals surface area contributed by atoms with Crippen LogP contribution in [0.25, 0.3) is 22.1 Å². The van der Waals surface area contributed by atoms with Gasteiger partial charge >= 0.3 is 0 Å². The molecule has 2 aromatic heterocycles. The van der Waals surface area contributed by atoms with E-state index in [2.05, 4.69) is 30.7 Å². The average Bonchev–Trinajstić information content (AvgIpc) is 3.10. The maximum absolute atomic E-state index is 8.86. The minimum Gasteiger partial charge on any atom is -0.493 e. The minimum atomic E-state index is -0.0644. The van der Waals surface area contributed by atoms with E-state index in [9.17, 15) is 0 Å². The summed E-state index contributed by atoms with van der Waals surface area (Å²) in [4.78, 5) is 7.61. The molecule has 4 aromatic rings. The summed E-state index contributed by atoms with van der Waals surface area (Å²) >= 11 is 0. The Morgan fingerprint density at radius 3 is 2.93 bits per heavy atom. The fraction of sp³-hybridized carbons (Fsp3) is 0.158. The number of H-pyrrole nitrogens is 1. The Morgan fingerprint density at radius 2 is 2.07 bits per heavy atom. The second-order valence-corrected chi connectivity index (χ2v) is 5.86. The lowest BCUT2D eigenvalue weighted by Crippen LogP contribution is -2.03. The first-order valence-corrected chi connectivity index (χ1v) is 8.60. The Balaban J connectivity index is 1.50. The SMILES string of the molecule is COc1cc(C=NNc2nnc3c(n2)[nH]c2ccccc23)ccc1OCCO. The maximum Gasteiger partial charge on any atom is 0.265 e. The van der Waals surface area contributed by atoms with E-state index in [4.69, 9.17) is 14.6 Å². The summed E-state index contributed by atoms with van der Waals surface area (Å²) in [6.45, 7) is 0.136. The van der Waals surface area contributed by atoms with Crippen molar-refractivity contribution in [1.82, 2.24) is 20.2 Å². The molecule has 0 radical (unpaired) electrons. The van der Waals surface area contributed by atoms with Gasteiger partial charge < -0.3 is 19.6 Å². The number of hydrogen-bond donors (Lipinski definition) is 3. The number of ether oxygens (including phenoxy) is 2. The van der Waals surface area contributed by atoms with E-state index in [0.29, 0.717) is 22.7 Å². The summed E-state index contributed by atoms with van der Waals surface area (Å²) in [6, 6.07) is 13.2. The third kappa shape index (κ3) is 3.55. The van der Waals surface area contributed by atoms with Crippen LogP contribution >= 0.6 is 0 Å². The molecule has 0 saturated carbocycles. The number of nitrogens with one attached hydrogen (secondary N) is 2. The van der Waals surface area contributed by atoms with Crippen LogP contribution in [-0.2, 0) is 0 Å². The molecule has 2 aromatic carbocycles. The molecule has 28 heavy (non-hydrogen) atoms. The number of rotatable bonds is 7. The highest BCUT2D eigenvalue weighted by atomic mass is 16.5. The summed E-state index contributed by atoms with van der Waals surface area (Å²) in [5.41, 5.74) is 5.88. The molecule has 0 aliphatic heterocycles. The number of hydrazone groups is 1. The van der Waals surface area contributed by atoms with E-state index >= 15 is 0 Å². The van der Waals surface area contributed by atoms with Crippen molar-refractivity contribution in [2.45, 2.75) is 0 Å². The van der Waals surface area contributed by atoms with Crippen molar-refractivity contribution in [3.8, 4) is 11.5 Å². The van der Waals surface area contributed by atoms with Crippen molar-refractivity contribution in [2.75, 3.05) is 25.7 Å². The van der Waals surface area contributed by atoms with Crippen molar-refractivity contribution in [3.05, 3.63) is 48.0 Å². The molecule has 0 fully saturated rings. The van der Waals surface area contributed by atoms with Crippen LogP contribution in [0.5, 0.6) is 11.5 Å². The Labute approximate surface area is 160 Å². The smallest absolute Gasteiger partial charge is 0.265 e. The van der Waals surface area contributed by atoms with Gasteiger partial charge in [-0.3, -0.25) is 0 Å². The second kappa shape index (κ2) is 7.89. The van der Waals surface area contributed by atoms with Crippen LogP contribution in [-0.4, -0.2) is 51.8 Å². The summed E-state index contributed by atoms with van der Waals surface area (Å²) in [7, 11) is 1.55. The van der Waals surface area contributed by atoms with E-state index < -0.39 is 0 Å². The zero-order valence-electron chi connectivity index (χ0n) is 15.1. The van der Waals surface area contributed by atoms with E-state index in [1.807, 2.05) is 30.3 Å². The Kier molecular flexibility index (Phi) is 4.98. The number of aromatic amines is 1. The summed E-state index contributed by atoms with van der Waals surface area (Å²) in [5, 5.41) is 22.3. The standard InChI is InChI=1S/C19H18N6O3/c1-27-16-10-12(6-7-15(16)28-9-8-26)11-20-24-19-22-18-17(23-25-19)13-4-2-3-5-14(13)21-18/h2-7,10-11,26H,8-9H2,1H3,(H2,21,22,24,25). The molecule has 4 rings (SSSR count). The Morgan fingerprint density at radius 1 is 1.18 bits per heavy atom. The van der Waals surface area contributed by atoms with Crippen LogP contribution in [0.1, 0.15) is 5.56 Å². The molecule has 0 unspecified atom stereocenters. The minimum absolute atomic E-state index is 0.0644. The first-order valence-electron chi connectivity index (χ1n) is 8.60. The Hall–Kier alpha value is -3.72. The van der Waals surface area contributed by atoms with Crippen LogP contribution < -0.4 is 14.9 Å². The molecule has 2 heterocycles. The van der Waals surface area contributed by atoms with Crippen LogP contribution in [0.4, 0.5) is 5.95 Å². The van der Waals surface area contributed by atoms with Gasteiger partial charge in [-0.2, -0.15) is 10.1 Å². The molecular weight excluding hydrogens is 360 g/mol. The first kappa shape index (κ1) is 17.7. The predicted molar refractivity (Wildman–Crippen MR) is 106 cm³/mol. The van der Waals surface area contributed by atoms with Gasteiger partial charge in [0.15, 0.2) is 17.1 Å². The molecule has 3 N–H and O–H groups in total. The average molecular weight is 378 g/mol. The number of benzene rings is 2. The molecule has 0 bridgehead atoms. The van der Waals surface area contributed by atoms with Crippen LogP contribution in [0.15, 0.2) is 47.6 Å². The molecule has 9 nitrogen and oxygen atoms in total. The van der Waals surface area contributed by atoms with Gasteiger partial charge in [-0.05, 0) is 29.8 Å². The first-order chi connectivity index (χ1) is 13.8. The second-order valence-electron chi connectivity index (χ2n) is 5.86.